The molecule has 0 saturated heterocycles. The van der Waals surface area contributed by atoms with Crippen molar-refractivity contribution < 1.29 is 61.9 Å². The minimum absolute atomic E-state index is 0. The van der Waals surface area contributed by atoms with Crippen LogP contribution in [0.5, 0.6) is 0 Å². The molecule has 0 radical (unpaired) electrons. The van der Waals surface area contributed by atoms with Gasteiger partial charge in [-0.1, -0.05) is 97.4 Å². The summed E-state index contributed by atoms with van der Waals surface area (Å²) < 4.78 is 4.33. The predicted octanol–water partition coefficient (Wildman–Crippen LogP) is 0.547. The van der Waals surface area contributed by atoms with E-state index in [1.807, 2.05) is 7.05 Å². The Morgan fingerprint density at radius 3 is 1.45 bits per heavy atom. The van der Waals surface area contributed by atoms with Gasteiger partial charge in [-0.05, 0) is 40.7 Å². The number of aromatic nitrogens is 2. The van der Waals surface area contributed by atoms with Crippen LogP contribution in [0.1, 0.15) is 42.4 Å². The number of hydroxylamine groups is 1. The first-order chi connectivity index (χ1) is 19.8. The number of nitrogens with zero attached hydrogens (tertiary/aromatic N) is 2. The minimum Gasteiger partial charge on any atom is -1.00 e. The van der Waals surface area contributed by atoms with E-state index in [2.05, 4.69) is 155 Å². The maximum absolute atomic E-state index is 6.23. The summed E-state index contributed by atoms with van der Waals surface area (Å²) in [5.41, 5.74) is 8.87. The van der Waals surface area contributed by atoms with Crippen molar-refractivity contribution >= 4 is 0 Å². The number of benzene rings is 3. The van der Waals surface area contributed by atoms with Crippen LogP contribution >= 0.6 is 0 Å². The van der Waals surface area contributed by atoms with Gasteiger partial charge < -0.3 is 52.8 Å². The zero-order valence-electron chi connectivity index (χ0n) is 24.1. The first-order valence-electron chi connectivity index (χ1n) is 14.3. The molecule has 5 aromatic rings. The smallest absolute Gasteiger partial charge is 0.169 e. The van der Waals surface area contributed by atoms with Crippen LogP contribution in [0.15, 0.2) is 140 Å². The average Bonchev–Trinajstić information content (AvgIpc) is 3.02. The first kappa shape index (κ1) is 33.8. The molecule has 0 atom stereocenters. The summed E-state index contributed by atoms with van der Waals surface area (Å²) in [7, 11) is 2.04. The van der Waals surface area contributed by atoms with E-state index in [1.165, 1.54) is 17.5 Å². The second-order valence-corrected chi connectivity index (χ2v) is 10.3. The molecule has 0 bridgehead atoms. The summed E-state index contributed by atoms with van der Waals surface area (Å²) in [6, 6.07) is 40.4. The highest BCUT2D eigenvalue weighted by Gasteiger charge is 2.36. The second kappa shape index (κ2) is 17.5. The molecule has 0 aliphatic heterocycles. The van der Waals surface area contributed by atoms with E-state index in [-0.39, 0.29) is 48.0 Å². The van der Waals surface area contributed by atoms with Gasteiger partial charge in [-0.3, -0.25) is 0 Å². The molecule has 0 fully saturated rings. The molecule has 4 nitrogen and oxygen atoms in total. The molecule has 2 heterocycles. The number of hydrogen-bond acceptors (Lipinski definition) is 2. The van der Waals surface area contributed by atoms with Crippen molar-refractivity contribution in [2.45, 2.75) is 37.8 Å². The van der Waals surface area contributed by atoms with E-state index in [9.17, 15) is 0 Å². The summed E-state index contributed by atoms with van der Waals surface area (Å²) in [6.07, 6.45) is 13.0. The number of halogens is 2. The van der Waals surface area contributed by atoms with Crippen molar-refractivity contribution in [1.29, 1.82) is 0 Å². The molecule has 1 N–H and O–H groups in total. The van der Waals surface area contributed by atoms with Crippen LogP contribution in [0, 0.1) is 0 Å². The van der Waals surface area contributed by atoms with E-state index >= 15 is 0 Å². The SMILES string of the molecule is C[n+]1ccc(-c2cc[n+](CCCCCCONC(c3ccccc3)(c3ccccc3)c3ccccc3)cc2)cc1.[I-].[I-]. The minimum atomic E-state index is -0.593. The van der Waals surface area contributed by atoms with E-state index in [4.69, 9.17) is 4.84 Å². The first-order valence-corrected chi connectivity index (χ1v) is 14.3. The lowest BCUT2D eigenvalue weighted by Crippen LogP contribution is -3.00. The zero-order chi connectivity index (χ0) is 27.5. The molecule has 0 unspecified atom stereocenters. The molecule has 0 saturated carbocycles. The van der Waals surface area contributed by atoms with Gasteiger partial charge in [0.2, 0.25) is 0 Å². The van der Waals surface area contributed by atoms with Crippen molar-refractivity contribution in [3.05, 3.63) is 157 Å². The Morgan fingerprint density at radius 2 is 0.976 bits per heavy atom. The Morgan fingerprint density at radius 1 is 0.548 bits per heavy atom. The lowest BCUT2D eigenvalue weighted by molar-refractivity contribution is -0.697. The monoisotopic (exact) mass is 783 g/mol. The zero-order valence-corrected chi connectivity index (χ0v) is 28.4. The number of rotatable bonds is 13. The molecule has 0 amide bonds. The molecule has 0 spiro atoms. The van der Waals surface area contributed by atoms with Gasteiger partial charge in [0.1, 0.15) is 19.1 Å². The quantitative estimate of drug-likeness (QED) is 0.0623. The van der Waals surface area contributed by atoms with E-state index in [0.717, 1.165) is 42.5 Å². The van der Waals surface area contributed by atoms with Crippen LogP contribution in [-0.2, 0) is 24.0 Å². The third-order valence-corrected chi connectivity index (χ3v) is 7.46. The van der Waals surface area contributed by atoms with Gasteiger partial charge in [-0.15, -0.1) is 0 Å². The van der Waals surface area contributed by atoms with Gasteiger partial charge in [0.15, 0.2) is 24.8 Å². The Kier molecular flexibility index (Phi) is 14.1. The lowest BCUT2D eigenvalue weighted by atomic mass is 9.78. The predicted molar refractivity (Wildman–Crippen MR) is 160 cm³/mol. The normalized spacial score (nSPS) is 10.9. The standard InChI is InChI=1S/C36H39N3O.2HI/c1-38-26-21-31(22-27-38)32-23-28-39(29-24-32)25-13-2-3-14-30-40-37-36(33-15-7-4-8-16-33,34-17-9-5-10-18-34)35-19-11-6-12-20-35;;/h4-12,15-24,26-29,37H,2-3,13-14,25,30H2,1H3;2*1H/q+2;;/p-2. The lowest BCUT2D eigenvalue weighted by Gasteiger charge is -2.36. The Labute approximate surface area is 284 Å². The van der Waals surface area contributed by atoms with Gasteiger partial charge in [0, 0.05) is 30.7 Å². The molecule has 0 aliphatic carbocycles. The summed E-state index contributed by atoms with van der Waals surface area (Å²) in [5, 5.41) is 0. The Bertz CT molecular complexity index is 1340. The number of aryl methyl sites for hydroxylation is 2. The molecular weight excluding hydrogens is 744 g/mol. The summed E-state index contributed by atoms with van der Waals surface area (Å²) >= 11 is 0. The van der Waals surface area contributed by atoms with Crippen molar-refractivity contribution in [1.82, 2.24) is 5.48 Å². The molecule has 2 aromatic heterocycles. The van der Waals surface area contributed by atoms with Crippen molar-refractivity contribution in [3.8, 4) is 11.1 Å². The maximum Gasteiger partial charge on any atom is 0.169 e. The van der Waals surface area contributed by atoms with E-state index < -0.39 is 5.54 Å². The summed E-state index contributed by atoms with van der Waals surface area (Å²) in [5.74, 6) is 0. The Balaban J connectivity index is 0.00000242. The second-order valence-electron chi connectivity index (χ2n) is 10.3. The summed E-state index contributed by atoms with van der Waals surface area (Å²) in [4.78, 5) is 6.23. The topological polar surface area (TPSA) is 29.0 Å². The third-order valence-electron chi connectivity index (χ3n) is 7.46. The summed E-state index contributed by atoms with van der Waals surface area (Å²) in [6.45, 7) is 1.69. The van der Waals surface area contributed by atoms with E-state index in [1.54, 1.807) is 0 Å². The highest BCUT2D eigenvalue weighted by molar-refractivity contribution is 5.61. The molecule has 0 aliphatic rings. The van der Waals surface area contributed by atoms with Crippen LogP contribution in [0.25, 0.3) is 11.1 Å². The molecule has 218 valence electrons. The molecule has 6 heteroatoms. The van der Waals surface area contributed by atoms with Gasteiger partial charge in [-0.25, -0.2) is 9.13 Å². The molecular formula is C36H39I2N3O. The number of pyridine rings is 2. The highest BCUT2D eigenvalue weighted by atomic mass is 127. The van der Waals surface area contributed by atoms with Gasteiger partial charge >= 0.3 is 0 Å². The van der Waals surface area contributed by atoms with Crippen molar-refractivity contribution in [2.24, 2.45) is 7.05 Å². The van der Waals surface area contributed by atoms with Crippen molar-refractivity contribution in [3.63, 3.8) is 0 Å². The number of hydrogen-bond donors (Lipinski definition) is 1. The largest absolute Gasteiger partial charge is 1.00 e. The van der Waals surface area contributed by atoms with Gasteiger partial charge in [-0.2, -0.15) is 5.48 Å². The van der Waals surface area contributed by atoms with Crippen LogP contribution in [-0.4, -0.2) is 6.61 Å². The van der Waals surface area contributed by atoms with Crippen molar-refractivity contribution in [2.75, 3.05) is 6.61 Å². The third kappa shape index (κ3) is 8.69. The molecule has 5 rings (SSSR count). The highest BCUT2D eigenvalue weighted by Crippen LogP contribution is 2.36. The van der Waals surface area contributed by atoms with E-state index in [0.29, 0.717) is 6.61 Å². The van der Waals surface area contributed by atoms with Gasteiger partial charge in [0.05, 0.1) is 6.61 Å². The fourth-order valence-electron chi connectivity index (χ4n) is 5.21. The van der Waals surface area contributed by atoms with Crippen LogP contribution < -0.4 is 62.6 Å². The van der Waals surface area contributed by atoms with Crippen LogP contribution in [0.3, 0.4) is 0 Å². The maximum atomic E-state index is 6.23. The fourth-order valence-corrected chi connectivity index (χ4v) is 5.21. The molecule has 3 aromatic carbocycles. The van der Waals surface area contributed by atoms with Crippen LogP contribution in [0.2, 0.25) is 0 Å². The van der Waals surface area contributed by atoms with Crippen LogP contribution in [0.4, 0.5) is 0 Å². The number of nitrogens with one attached hydrogen (secondary N) is 1. The fraction of sp³-hybridized carbons (Fsp3) is 0.222. The molecule has 42 heavy (non-hydrogen) atoms. The van der Waals surface area contributed by atoms with Gasteiger partial charge in [0.25, 0.3) is 0 Å². The number of unbranched alkanes of at least 4 members (excludes halogenated alkanes) is 3. The Hall–Kier alpha value is -2.66. The average molecular weight is 784 g/mol.